The Bertz CT molecular complexity index is 233. The Labute approximate surface area is 76.3 Å². The van der Waals surface area contributed by atoms with E-state index in [2.05, 4.69) is 0 Å². The number of nitrogens with one attached hydrogen (secondary N) is 1. The number of hydrogen-bond acceptors (Lipinski definition) is 4. The van der Waals surface area contributed by atoms with Gasteiger partial charge in [0.05, 0.1) is 19.2 Å². The molecule has 3 N–H and O–H groups in total. The first-order chi connectivity index (χ1) is 6.10. The van der Waals surface area contributed by atoms with E-state index in [1.807, 2.05) is 18.3 Å². The van der Waals surface area contributed by atoms with Crippen LogP contribution in [0.3, 0.4) is 0 Å². The van der Waals surface area contributed by atoms with Gasteiger partial charge in [0.25, 0.3) is 0 Å². The Morgan fingerprint density at radius 2 is 2.23 bits per heavy atom. The summed E-state index contributed by atoms with van der Waals surface area (Å²) in [5.74, 6) is -0.496. The Morgan fingerprint density at radius 1 is 1.62 bits per heavy atom. The van der Waals surface area contributed by atoms with Crippen LogP contribution < -0.4 is 11.1 Å². The smallest absolute Gasteiger partial charge is 0.318 e. The number of hydrogen-bond donors (Lipinski definition) is 2. The number of primary amides is 1. The van der Waals surface area contributed by atoms with Crippen molar-refractivity contribution >= 4 is 11.9 Å². The standard InChI is InChI=1S/C7H12N4O2/c1-2-11(4-3-8)5-6(12)10-7(9)13/h2,4-5H2,1H3,(H3,9,10,12,13). The number of amides is 3. The molecule has 0 saturated heterocycles. The lowest BCUT2D eigenvalue weighted by molar-refractivity contribution is -0.120. The van der Waals surface area contributed by atoms with E-state index in [-0.39, 0.29) is 13.1 Å². The van der Waals surface area contributed by atoms with Gasteiger partial charge < -0.3 is 5.73 Å². The molecular formula is C7H12N4O2. The first-order valence-corrected chi connectivity index (χ1v) is 3.78. The fourth-order valence-corrected chi connectivity index (χ4v) is 0.760. The molecule has 0 saturated carbocycles. The van der Waals surface area contributed by atoms with Gasteiger partial charge in [-0.3, -0.25) is 15.0 Å². The summed E-state index contributed by atoms with van der Waals surface area (Å²) in [7, 11) is 0. The average Bonchev–Trinajstić information content (AvgIpc) is 2.02. The van der Waals surface area contributed by atoms with Crippen LogP contribution in [-0.4, -0.2) is 36.5 Å². The SMILES string of the molecule is CCN(CC#N)CC(=O)NC(N)=O. The number of carbonyl (C=O) groups is 2. The van der Waals surface area contributed by atoms with E-state index in [9.17, 15) is 9.59 Å². The number of imide groups is 1. The maximum absolute atomic E-state index is 10.9. The molecule has 3 amide bonds. The molecule has 0 atom stereocenters. The highest BCUT2D eigenvalue weighted by Gasteiger charge is 2.09. The maximum Gasteiger partial charge on any atom is 0.318 e. The van der Waals surface area contributed by atoms with Gasteiger partial charge in [-0.25, -0.2) is 4.79 Å². The third kappa shape index (κ3) is 5.64. The lowest BCUT2D eigenvalue weighted by atomic mass is 10.4. The van der Waals surface area contributed by atoms with E-state index >= 15 is 0 Å². The second-order valence-electron chi connectivity index (χ2n) is 2.37. The zero-order valence-electron chi connectivity index (χ0n) is 7.41. The van der Waals surface area contributed by atoms with Crippen molar-refractivity contribution in [1.82, 2.24) is 10.2 Å². The van der Waals surface area contributed by atoms with Gasteiger partial charge in [0.1, 0.15) is 0 Å². The molecule has 0 rings (SSSR count). The molecule has 0 fully saturated rings. The van der Waals surface area contributed by atoms with E-state index in [0.717, 1.165) is 0 Å². The van der Waals surface area contributed by atoms with Crippen LogP contribution in [0, 0.1) is 11.3 Å². The second-order valence-corrected chi connectivity index (χ2v) is 2.37. The average molecular weight is 184 g/mol. The lowest BCUT2D eigenvalue weighted by Crippen LogP contribution is -2.42. The third-order valence-corrected chi connectivity index (χ3v) is 1.37. The molecular weight excluding hydrogens is 172 g/mol. The fourth-order valence-electron chi connectivity index (χ4n) is 0.760. The van der Waals surface area contributed by atoms with E-state index < -0.39 is 11.9 Å². The van der Waals surface area contributed by atoms with Crippen LogP contribution in [0.2, 0.25) is 0 Å². The molecule has 0 radical (unpaired) electrons. The Hall–Kier alpha value is -1.61. The van der Waals surface area contributed by atoms with Gasteiger partial charge in [0, 0.05) is 0 Å². The Morgan fingerprint density at radius 3 is 2.62 bits per heavy atom. The maximum atomic E-state index is 10.9. The van der Waals surface area contributed by atoms with Crippen LogP contribution in [0.1, 0.15) is 6.92 Å². The largest absolute Gasteiger partial charge is 0.351 e. The van der Waals surface area contributed by atoms with Gasteiger partial charge in [-0.1, -0.05) is 6.92 Å². The molecule has 0 spiro atoms. The van der Waals surface area contributed by atoms with Gasteiger partial charge in [-0.05, 0) is 6.54 Å². The number of rotatable bonds is 4. The van der Waals surface area contributed by atoms with E-state index in [4.69, 9.17) is 11.0 Å². The first kappa shape index (κ1) is 11.4. The normalized spacial score (nSPS) is 9.31. The summed E-state index contributed by atoms with van der Waals surface area (Å²) in [6.45, 7) is 2.55. The summed E-state index contributed by atoms with van der Waals surface area (Å²) in [6, 6.07) is 1.03. The molecule has 0 aliphatic rings. The summed E-state index contributed by atoms with van der Waals surface area (Å²) in [4.78, 5) is 22.8. The third-order valence-electron chi connectivity index (χ3n) is 1.37. The van der Waals surface area contributed by atoms with Crippen molar-refractivity contribution in [2.75, 3.05) is 19.6 Å². The lowest BCUT2D eigenvalue weighted by Gasteiger charge is -2.14. The predicted molar refractivity (Wildman–Crippen MR) is 45.5 cm³/mol. The van der Waals surface area contributed by atoms with Gasteiger partial charge in [-0.2, -0.15) is 5.26 Å². The Balaban J connectivity index is 3.88. The van der Waals surface area contributed by atoms with Crippen molar-refractivity contribution in [2.24, 2.45) is 5.73 Å². The monoisotopic (exact) mass is 184 g/mol. The van der Waals surface area contributed by atoms with Gasteiger partial charge in [0.2, 0.25) is 5.91 Å². The van der Waals surface area contributed by atoms with Crippen LogP contribution in [0.25, 0.3) is 0 Å². The van der Waals surface area contributed by atoms with Crippen LogP contribution in [0.4, 0.5) is 4.79 Å². The molecule has 0 aromatic carbocycles. The predicted octanol–water partition coefficient (Wildman–Crippen LogP) is -0.973. The number of nitrogens with two attached hydrogens (primary N) is 1. The van der Waals surface area contributed by atoms with E-state index in [1.165, 1.54) is 0 Å². The number of carbonyl (C=O) groups excluding carboxylic acids is 2. The van der Waals surface area contributed by atoms with Crippen molar-refractivity contribution in [1.29, 1.82) is 5.26 Å². The first-order valence-electron chi connectivity index (χ1n) is 3.78. The summed E-state index contributed by atoms with van der Waals surface area (Å²) in [5.41, 5.74) is 4.73. The highest BCUT2D eigenvalue weighted by atomic mass is 16.2. The van der Waals surface area contributed by atoms with Gasteiger partial charge >= 0.3 is 6.03 Å². The minimum atomic E-state index is -0.877. The molecule has 13 heavy (non-hydrogen) atoms. The van der Waals surface area contributed by atoms with Crippen molar-refractivity contribution in [2.45, 2.75) is 6.92 Å². The zero-order valence-corrected chi connectivity index (χ0v) is 7.41. The quantitative estimate of drug-likeness (QED) is 0.549. The van der Waals surface area contributed by atoms with E-state index in [1.54, 1.807) is 4.90 Å². The molecule has 72 valence electrons. The minimum Gasteiger partial charge on any atom is -0.351 e. The van der Waals surface area contributed by atoms with Crippen molar-refractivity contribution < 1.29 is 9.59 Å². The molecule has 0 unspecified atom stereocenters. The Kier molecular flexibility index (Phi) is 5.23. The number of nitriles is 1. The highest BCUT2D eigenvalue weighted by molar-refractivity contribution is 5.94. The fraction of sp³-hybridized carbons (Fsp3) is 0.571. The molecule has 0 heterocycles. The van der Waals surface area contributed by atoms with Crippen LogP contribution in [0.15, 0.2) is 0 Å². The molecule has 0 bridgehead atoms. The number of likely N-dealkylation sites (N-methyl/N-ethyl adjacent to an activating group) is 1. The molecule has 0 aromatic heterocycles. The van der Waals surface area contributed by atoms with Crippen LogP contribution in [0.5, 0.6) is 0 Å². The van der Waals surface area contributed by atoms with Crippen molar-refractivity contribution in [3.05, 3.63) is 0 Å². The molecule has 6 nitrogen and oxygen atoms in total. The zero-order chi connectivity index (χ0) is 10.3. The number of nitrogens with zero attached hydrogens (tertiary/aromatic N) is 2. The molecule has 6 heteroatoms. The van der Waals surface area contributed by atoms with Crippen molar-refractivity contribution in [3.63, 3.8) is 0 Å². The summed E-state index contributed by atoms with van der Waals surface area (Å²) in [6.07, 6.45) is 0. The van der Waals surface area contributed by atoms with E-state index in [0.29, 0.717) is 6.54 Å². The highest BCUT2D eigenvalue weighted by Crippen LogP contribution is 1.85. The topological polar surface area (TPSA) is 99.2 Å². The molecule has 0 aliphatic heterocycles. The van der Waals surface area contributed by atoms with Crippen molar-refractivity contribution in [3.8, 4) is 6.07 Å². The van der Waals surface area contributed by atoms with Gasteiger partial charge in [0.15, 0.2) is 0 Å². The van der Waals surface area contributed by atoms with Gasteiger partial charge in [-0.15, -0.1) is 0 Å². The molecule has 0 aliphatic carbocycles. The second kappa shape index (κ2) is 5.97. The number of urea groups is 1. The molecule has 0 aromatic rings. The minimum absolute atomic E-state index is 0.00694. The summed E-state index contributed by atoms with van der Waals surface area (Å²) >= 11 is 0. The summed E-state index contributed by atoms with van der Waals surface area (Å²) in [5, 5.41) is 10.3. The van der Waals surface area contributed by atoms with Crippen LogP contribution in [-0.2, 0) is 4.79 Å². The van der Waals surface area contributed by atoms with Crippen LogP contribution >= 0.6 is 0 Å². The summed E-state index contributed by atoms with van der Waals surface area (Å²) < 4.78 is 0.